The van der Waals surface area contributed by atoms with Gasteiger partial charge >= 0.3 is 0 Å². The van der Waals surface area contributed by atoms with Crippen molar-refractivity contribution in [2.45, 2.75) is 13.5 Å². The Labute approximate surface area is 149 Å². The lowest BCUT2D eigenvalue weighted by Gasteiger charge is -2.07. The number of nitrogens with zero attached hydrogens (tertiary/aromatic N) is 2. The molecule has 2 aromatic heterocycles. The molecule has 0 saturated heterocycles. The summed E-state index contributed by atoms with van der Waals surface area (Å²) < 4.78 is 5.22. The molecule has 0 bridgehead atoms. The van der Waals surface area contributed by atoms with E-state index in [1.54, 1.807) is 48.7 Å². The highest BCUT2D eigenvalue weighted by Crippen LogP contribution is 2.14. The number of carbonyl (C=O) groups is 2. The van der Waals surface area contributed by atoms with E-state index < -0.39 is 0 Å². The van der Waals surface area contributed by atoms with E-state index in [1.165, 1.54) is 6.92 Å². The average Bonchev–Trinajstić information content (AvgIpc) is 3.15. The van der Waals surface area contributed by atoms with Crippen molar-refractivity contribution in [1.29, 1.82) is 0 Å². The molecular weight excluding hydrogens is 334 g/mol. The van der Waals surface area contributed by atoms with Gasteiger partial charge in [-0.2, -0.15) is 0 Å². The van der Waals surface area contributed by atoms with Crippen LogP contribution in [0.2, 0.25) is 0 Å². The lowest BCUT2D eigenvalue weighted by atomic mass is 10.2. The predicted molar refractivity (Wildman–Crippen MR) is 96.8 cm³/mol. The van der Waals surface area contributed by atoms with Gasteiger partial charge < -0.3 is 20.4 Å². The van der Waals surface area contributed by atoms with Crippen molar-refractivity contribution in [1.82, 2.24) is 10.2 Å². The third kappa shape index (κ3) is 4.67. The zero-order chi connectivity index (χ0) is 18.4. The summed E-state index contributed by atoms with van der Waals surface area (Å²) in [5, 5.41) is 16.3. The number of aromatic nitrogens is 2. The normalized spacial score (nSPS) is 10.2. The Hall–Kier alpha value is -3.68. The fourth-order valence-corrected chi connectivity index (χ4v) is 2.17. The van der Waals surface area contributed by atoms with Crippen LogP contribution >= 0.6 is 0 Å². The van der Waals surface area contributed by atoms with Crippen molar-refractivity contribution in [3.05, 3.63) is 66.2 Å². The van der Waals surface area contributed by atoms with Crippen LogP contribution in [0, 0.1) is 0 Å². The van der Waals surface area contributed by atoms with Gasteiger partial charge in [0.1, 0.15) is 11.6 Å². The number of furan rings is 1. The molecule has 132 valence electrons. The standard InChI is InChI=1S/C18H17N5O3/c1-12(24)20-13-4-6-14(7-5-13)21-18(25)16-8-9-17(23-22-16)19-11-15-3-2-10-26-15/h2-10H,11H2,1H3,(H,19,23)(H,20,24)(H,21,25). The average molecular weight is 351 g/mol. The van der Waals surface area contributed by atoms with Gasteiger partial charge in [-0.15, -0.1) is 10.2 Å². The van der Waals surface area contributed by atoms with Gasteiger partial charge in [0.25, 0.3) is 5.91 Å². The maximum Gasteiger partial charge on any atom is 0.276 e. The highest BCUT2D eigenvalue weighted by atomic mass is 16.3. The minimum absolute atomic E-state index is 0.155. The van der Waals surface area contributed by atoms with Crippen molar-refractivity contribution >= 4 is 29.0 Å². The maximum absolute atomic E-state index is 12.2. The molecule has 2 heterocycles. The largest absolute Gasteiger partial charge is 0.467 e. The fraction of sp³-hybridized carbons (Fsp3) is 0.111. The number of hydrogen-bond acceptors (Lipinski definition) is 6. The van der Waals surface area contributed by atoms with E-state index >= 15 is 0 Å². The van der Waals surface area contributed by atoms with Crippen LogP contribution < -0.4 is 16.0 Å². The van der Waals surface area contributed by atoms with Gasteiger partial charge in [0.15, 0.2) is 5.69 Å². The molecule has 0 aliphatic rings. The summed E-state index contributed by atoms with van der Waals surface area (Å²) in [4.78, 5) is 23.2. The summed E-state index contributed by atoms with van der Waals surface area (Å²) in [6.45, 7) is 1.91. The minimum atomic E-state index is -0.373. The molecular formula is C18H17N5O3. The van der Waals surface area contributed by atoms with Crippen molar-refractivity contribution in [2.75, 3.05) is 16.0 Å². The third-order valence-electron chi connectivity index (χ3n) is 3.38. The first kappa shape index (κ1) is 17.2. The molecule has 0 fully saturated rings. The number of anilines is 3. The second kappa shape index (κ2) is 7.93. The van der Waals surface area contributed by atoms with E-state index in [0.717, 1.165) is 5.76 Å². The van der Waals surface area contributed by atoms with Gasteiger partial charge in [-0.05, 0) is 48.5 Å². The molecule has 8 heteroatoms. The summed E-state index contributed by atoms with van der Waals surface area (Å²) in [6, 6.07) is 13.7. The topological polar surface area (TPSA) is 109 Å². The second-order valence-corrected chi connectivity index (χ2v) is 5.45. The molecule has 0 unspecified atom stereocenters. The molecule has 0 aliphatic carbocycles. The predicted octanol–water partition coefficient (Wildman–Crippen LogP) is 2.89. The lowest BCUT2D eigenvalue weighted by Crippen LogP contribution is -2.15. The zero-order valence-corrected chi connectivity index (χ0v) is 14.0. The van der Waals surface area contributed by atoms with E-state index in [-0.39, 0.29) is 17.5 Å². The van der Waals surface area contributed by atoms with Crippen LogP contribution in [0.1, 0.15) is 23.2 Å². The second-order valence-electron chi connectivity index (χ2n) is 5.45. The van der Waals surface area contributed by atoms with E-state index in [4.69, 9.17) is 4.42 Å². The first-order valence-corrected chi connectivity index (χ1v) is 7.89. The van der Waals surface area contributed by atoms with Gasteiger partial charge in [-0.3, -0.25) is 9.59 Å². The van der Waals surface area contributed by atoms with Gasteiger partial charge in [-0.25, -0.2) is 0 Å². The van der Waals surface area contributed by atoms with Crippen LogP contribution in [0.3, 0.4) is 0 Å². The third-order valence-corrected chi connectivity index (χ3v) is 3.38. The Morgan fingerprint density at radius 2 is 1.69 bits per heavy atom. The van der Waals surface area contributed by atoms with Crippen LogP contribution in [0.25, 0.3) is 0 Å². The molecule has 3 rings (SSSR count). The lowest BCUT2D eigenvalue weighted by molar-refractivity contribution is -0.114. The highest BCUT2D eigenvalue weighted by Gasteiger charge is 2.09. The summed E-state index contributed by atoms with van der Waals surface area (Å²) >= 11 is 0. The van der Waals surface area contributed by atoms with Crippen LogP contribution in [0.15, 0.2) is 59.2 Å². The molecule has 0 spiro atoms. The van der Waals surface area contributed by atoms with Crippen LogP contribution in [-0.4, -0.2) is 22.0 Å². The monoisotopic (exact) mass is 351 g/mol. The number of hydrogen-bond donors (Lipinski definition) is 3. The Balaban J connectivity index is 1.56. The van der Waals surface area contributed by atoms with Gasteiger partial charge in [0.05, 0.1) is 12.8 Å². The molecule has 1 aromatic carbocycles. The molecule has 0 saturated carbocycles. The van der Waals surface area contributed by atoms with Gasteiger partial charge in [0.2, 0.25) is 5.91 Å². The molecule has 0 radical (unpaired) electrons. The highest BCUT2D eigenvalue weighted by molar-refractivity contribution is 6.03. The molecule has 3 aromatic rings. The Morgan fingerprint density at radius 1 is 0.962 bits per heavy atom. The van der Waals surface area contributed by atoms with E-state index in [2.05, 4.69) is 26.1 Å². The molecule has 0 aliphatic heterocycles. The van der Waals surface area contributed by atoms with E-state index in [1.807, 2.05) is 6.07 Å². The van der Waals surface area contributed by atoms with E-state index in [0.29, 0.717) is 23.7 Å². The van der Waals surface area contributed by atoms with E-state index in [9.17, 15) is 9.59 Å². The molecule has 26 heavy (non-hydrogen) atoms. The smallest absolute Gasteiger partial charge is 0.276 e. The number of benzene rings is 1. The van der Waals surface area contributed by atoms with Crippen molar-refractivity contribution in [3.8, 4) is 0 Å². The van der Waals surface area contributed by atoms with Crippen molar-refractivity contribution < 1.29 is 14.0 Å². The number of carbonyl (C=O) groups excluding carboxylic acids is 2. The first-order valence-electron chi connectivity index (χ1n) is 7.89. The maximum atomic E-state index is 12.2. The SMILES string of the molecule is CC(=O)Nc1ccc(NC(=O)c2ccc(NCc3ccco3)nn2)cc1. The quantitative estimate of drug-likeness (QED) is 0.630. The molecule has 0 atom stereocenters. The zero-order valence-electron chi connectivity index (χ0n) is 14.0. The van der Waals surface area contributed by atoms with Gasteiger partial charge in [0, 0.05) is 18.3 Å². The van der Waals surface area contributed by atoms with Crippen molar-refractivity contribution in [2.24, 2.45) is 0 Å². The summed E-state index contributed by atoms with van der Waals surface area (Å²) in [5.41, 5.74) is 1.44. The van der Waals surface area contributed by atoms with Crippen LogP contribution in [0.5, 0.6) is 0 Å². The Kier molecular flexibility index (Phi) is 5.23. The van der Waals surface area contributed by atoms with Gasteiger partial charge in [-0.1, -0.05) is 0 Å². The summed E-state index contributed by atoms with van der Waals surface area (Å²) in [5.74, 6) is 0.786. The minimum Gasteiger partial charge on any atom is -0.467 e. The molecule has 2 amide bonds. The number of amides is 2. The van der Waals surface area contributed by atoms with Crippen molar-refractivity contribution in [3.63, 3.8) is 0 Å². The van der Waals surface area contributed by atoms with Crippen LogP contribution in [0.4, 0.5) is 17.2 Å². The summed E-state index contributed by atoms with van der Waals surface area (Å²) in [7, 11) is 0. The number of rotatable bonds is 6. The van der Waals surface area contributed by atoms with Crippen LogP contribution in [-0.2, 0) is 11.3 Å². The first-order chi connectivity index (χ1) is 12.6. The molecule has 8 nitrogen and oxygen atoms in total. The Bertz CT molecular complexity index is 874. The number of nitrogens with one attached hydrogen (secondary N) is 3. The fourth-order valence-electron chi connectivity index (χ4n) is 2.17. The Morgan fingerprint density at radius 3 is 2.27 bits per heavy atom. The molecule has 3 N–H and O–H groups in total. The summed E-state index contributed by atoms with van der Waals surface area (Å²) in [6.07, 6.45) is 1.60.